The Bertz CT molecular complexity index is 589. The zero-order valence-corrected chi connectivity index (χ0v) is 10.9. The van der Waals surface area contributed by atoms with Gasteiger partial charge in [-0.05, 0) is 23.8 Å². The first-order chi connectivity index (χ1) is 9.22. The molecule has 5 nitrogen and oxygen atoms in total. The molecule has 0 fully saturated rings. The van der Waals surface area contributed by atoms with Crippen molar-refractivity contribution in [3.8, 4) is 11.8 Å². The van der Waals surface area contributed by atoms with E-state index in [4.69, 9.17) is 10.00 Å². The van der Waals surface area contributed by atoms with Gasteiger partial charge >= 0.3 is 0 Å². The van der Waals surface area contributed by atoms with Gasteiger partial charge in [0.1, 0.15) is 17.5 Å². The second-order valence-electron chi connectivity index (χ2n) is 4.06. The lowest BCUT2D eigenvalue weighted by Crippen LogP contribution is -2.19. The second kappa shape index (κ2) is 5.83. The maximum Gasteiger partial charge on any atom is 0.226 e. The minimum Gasteiger partial charge on any atom is -0.497 e. The Hall–Kier alpha value is -2.61. The summed E-state index contributed by atoms with van der Waals surface area (Å²) in [6.45, 7) is 0.666. The van der Waals surface area contributed by atoms with Gasteiger partial charge in [-0.15, -0.1) is 0 Å². The number of anilines is 1. The molecule has 0 aliphatic rings. The van der Waals surface area contributed by atoms with E-state index in [-0.39, 0.29) is 0 Å². The van der Waals surface area contributed by atoms with E-state index in [9.17, 15) is 0 Å². The predicted molar refractivity (Wildman–Crippen MR) is 71.8 cm³/mol. The minimum atomic E-state index is 0.367. The lowest BCUT2D eigenvalue weighted by molar-refractivity contribution is 0.414. The fraction of sp³-hybridized carbons (Fsp3) is 0.214. The van der Waals surface area contributed by atoms with Crippen LogP contribution < -0.4 is 9.64 Å². The van der Waals surface area contributed by atoms with E-state index < -0.39 is 0 Å². The summed E-state index contributed by atoms with van der Waals surface area (Å²) in [5.41, 5.74) is 1.49. The molecule has 0 radical (unpaired) electrons. The summed E-state index contributed by atoms with van der Waals surface area (Å²) in [6, 6.07) is 11.4. The van der Waals surface area contributed by atoms with Crippen molar-refractivity contribution < 1.29 is 4.74 Å². The van der Waals surface area contributed by atoms with Crippen LogP contribution in [0, 0.1) is 11.3 Å². The molecule has 0 amide bonds. The third-order valence-electron chi connectivity index (χ3n) is 2.68. The monoisotopic (exact) mass is 254 g/mol. The van der Waals surface area contributed by atoms with Crippen molar-refractivity contribution in [1.29, 1.82) is 5.26 Å². The minimum absolute atomic E-state index is 0.367. The molecule has 0 saturated heterocycles. The van der Waals surface area contributed by atoms with E-state index in [2.05, 4.69) is 9.97 Å². The first-order valence-electron chi connectivity index (χ1n) is 5.80. The van der Waals surface area contributed by atoms with Crippen LogP contribution in [0.15, 0.2) is 36.5 Å². The van der Waals surface area contributed by atoms with Crippen LogP contribution in [0.2, 0.25) is 0 Å². The van der Waals surface area contributed by atoms with Gasteiger partial charge in [-0.1, -0.05) is 12.1 Å². The van der Waals surface area contributed by atoms with Crippen molar-refractivity contribution in [2.24, 2.45) is 0 Å². The lowest BCUT2D eigenvalue weighted by Gasteiger charge is -2.17. The molecule has 5 heteroatoms. The van der Waals surface area contributed by atoms with Gasteiger partial charge < -0.3 is 9.64 Å². The molecule has 96 valence electrons. The first kappa shape index (κ1) is 12.8. The standard InChI is InChI=1S/C14H14N4O/c1-18(14-16-8-7-12(9-15)17-14)10-11-3-5-13(19-2)6-4-11/h3-8H,10H2,1-2H3. The Balaban J connectivity index is 2.11. The molecule has 0 aliphatic heterocycles. The fourth-order valence-electron chi connectivity index (χ4n) is 1.67. The second-order valence-corrected chi connectivity index (χ2v) is 4.06. The molecule has 0 bridgehead atoms. The number of nitrogens with zero attached hydrogens (tertiary/aromatic N) is 4. The maximum atomic E-state index is 8.82. The van der Waals surface area contributed by atoms with Crippen molar-refractivity contribution in [3.05, 3.63) is 47.8 Å². The number of aromatic nitrogens is 2. The van der Waals surface area contributed by atoms with Gasteiger partial charge in [0.2, 0.25) is 5.95 Å². The number of methoxy groups -OCH3 is 1. The topological polar surface area (TPSA) is 62.0 Å². The highest BCUT2D eigenvalue weighted by atomic mass is 16.5. The summed E-state index contributed by atoms with van der Waals surface area (Å²) in [7, 11) is 3.53. The number of rotatable bonds is 4. The largest absolute Gasteiger partial charge is 0.497 e. The quantitative estimate of drug-likeness (QED) is 0.835. The highest BCUT2D eigenvalue weighted by Crippen LogP contribution is 2.14. The molecule has 0 N–H and O–H groups in total. The van der Waals surface area contributed by atoms with Crippen LogP contribution in [-0.4, -0.2) is 24.1 Å². The van der Waals surface area contributed by atoms with Crippen LogP contribution in [-0.2, 0) is 6.54 Å². The van der Waals surface area contributed by atoms with Crippen molar-refractivity contribution in [1.82, 2.24) is 9.97 Å². The van der Waals surface area contributed by atoms with Gasteiger partial charge in [-0.2, -0.15) is 5.26 Å². The van der Waals surface area contributed by atoms with Crippen LogP contribution in [0.3, 0.4) is 0 Å². The summed E-state index contributed by atoms with van der Waals surface area (Å²) >= 11 is 0. The van der Waals surface area contributed by atoms with Crippen LogP contribution in [0.5, 0.6) is 5.75 Å². The maximum absolute atomic E-state index is 8.82. The molecule has 0 atom stereocenters. The van der Waals surface area contributed by atoms with E-state index in [1.807, 2.05) is 42.3 Å². The van der Waals surface area contributed by atoms with Gasteiger partial charge in [-0.3, -0.25) is 0 Å². The van der Waals surface area contributed by atoms with Gasteiger partial charge in [-0.25, -0.2) is 9.97 Å². The third kappa shape index (κ3) is 3.19. The molecule has 0 saturated carbocycles. The molecule has 1 aromatic heterocycles. The van der Waals surface area contributed by atoms with Crippen LogP contribution in [0.25, 0.3) is 0 Å². The Labute approximate surface area is 112 Å². The number of nitriles is 1. The zero-order chi connectivity index (χ0) is 13.7. The SMILES string of the molecule is COc1ccc(CN(C)c2nccc(C#N)n2)cc1. The number of hydrogen-bond acceptors (Lipinski definition) is 5. The van der Waals surface area contributed by atoms with E-state index in [0.29, 0.717) is 18.2 Å². The molecule has 1 aromatic carbocycles. The molecular formula is C14H14N4O. The van der Waals surface area contributed by atoms with E-state index in [1.54, 1.807) is 19.4 Å². The van der Waals surface area contributed by atoms with Crippen LogP contribution in [0.1, 0.15) is 11.3 Å². The van der Waals surface area contributed by atoms with Crippen molar-refractivity contribution in [3.63, 3.8) is 0 Å². The summed E-state index contributed by atoms with van der Waals surface area (Å²) in [4.78, 5) is 10.2. The van der Waals surface area contributed by atoms with Crippen molar-refractivity contribution in [2.45, 2.75) is 6.54 Å². The summed E-state index contributed by atoms with van der Waals surface area (Å²) < 4.78 is 5.11. The van der Waals surface area contributed by atoms with Crippen molar-refractivity contribution in [2.75, 3.05) is 19.1 Å². The molecule has 2 aromatic rings. The van der Waals surface area contributed by atoms with E-state index in [1.165, 1.54) is 0 Å². The highest BCUT2D eigenvalue weighted by Gasteiger charge is 2.06. The predicted octanol–water partition coefficient (Wildman–Crippen LogP) is 1.99. The fourth-order valence-corrected chi connectivity index (χ4v) is 1.67. The Morgan fingerprint density at radius 1 is 1.26 bits per heavy atom. The summed E-state index contributed by atoms with van der Waals surface area (Å²) in [5.74, 6) is 1.36. The van der Waals surface area contributed by atoms with Gasteiger partial charge in [0.25, 0.3) is 0 Å². The average molecular weight is 254 g/mol. The van der Waals surface area contributed by atoms with Gasteiger partial charge in [0.05, 0.1) is 7.11 Å². The third-order valence-corrected chi connectivity index (χ3v) is 2.68. The normalized spacial score (nSPS) is 9.74. The van der Waals surface area contributed by atoms with Crippen LogP contribution in [0.4, 0.5) is 5.95 Å². The van der Waals surface area contributed by atoms with Gasteiger partial charge in [0, 0.05) is 19.8 Å². The number of benzene rings is 1. The van der Waals surface area contributed by atoms with Crippen molar-refractivity contribution >= 4 is 5.95 Å². The molecule has 0 spiro atoms. The highest BCUT2D eigenvalue weighted by molar-refractivity contribution is 5.35. The Kier molecular flexibility index (Phi) is 3.94. The molecule has 1 heterocycles. The summed E-state index contributed by atoms with van der Waals surface area (Å²) in [5, 5.41) is 8.82. The molecule has 2 rings (SSSR count). The summed E-state index contributed by atoms with van der Waals surface area (Å²) in [6.07, 6.45) is 1.59. The molecule has 0 unspecified atom stereocenters. The number of hydrogen-bond donors (Lipinski definition) is 0. The molecule has 0 aliphatic carbocycles. The van der Waals surface area contributed by atoms with Gasteiger partial charge in [0.15, 0.2) is 0 Å². The lowest BCUT2D eigenvalue weighted by atomic mass is 10.2. The Morgan fingerprint density at radius 3 is 2.63 bits per heavy atom. The van der Waals surface area contributed by atoms with E-state index in [0.717, 1.165) is 11.3 Å². The smallest absolute Gasteiger partial charge is 0.226 e. The molecular weight excluding hydrogens is 240 g/mol. The van der Waals surface area contributed by atoms with Crippen LogP contribution >= 0.6 is 0 Å². The average Bonchev–Trinajstić information content (AvgIpc) is 2.48. The Morgan fingerprint density at radius 2 is 2.00 bits per heavy atom. The van der Waals surface area contributed by atoms with E-state index >= 15 is 0 Å². The number of ether oxygens (including phenoxy) is 1. The molecule has 19 heavy (non-hydrogen) atoms. The first-order valence-corrected chi connectivity index (χ1v) is 5.80. The zero-order valence-electron chi connectivity index (χ0n) is 10.9.